The average molecular weight is 485 g/mol. The zero-order chi connectivity index (χ0) is 23.0. The molecule has 0 spiro atoms. The number of hydrogen-bond donors (Lipinski definition) is 2. The second-order valence-electron chi connectivity index (χ2n) is 6.88. The van der Waals surface area contributed by atoms with Crippen LogP contribution in [0.4, 0.5) is 17.1 Å². The molecule has 0 saturated carbocycles. The van der Waals surface area contributed by atoms with Crippen LogP contribution in [0.2, 0.25) is 0 Å². The highest BCUT2D eigenvalue weighted by Crippen LogP contribution is 2.46. The summed E-state index contributed by atoms with van der Waals surface area (Å²) in [7, 11) is -4.69. The second-order valence-corrected chi connectivity index (χ2v) is 9.92. The van der Waals surface area contributed by atoms with Crippen LogP contribution in [0.5, 0.6) is 5.75 Å². The van der Waals surface area contributed by atoms with Gasteiger partial charge >= 0.3 is 0 Å². The third kappa shape index (κ3) is 4.02. The predicted octanol–water partition coefficient (Wildman–Crippen LogP) is 6.04. The van der Waals surface area contributed by atoms with E-state index in [4.69, 9.17) is 5.73 Å². The van der Waals surface area contributed by atoms with Gasteiger partial charge in [-0.3, -0.25) is 0 Å². The van der Waals surface area contributed by atoms with Crippen molar-refractivity contribution < 1.29 is 18.1 Å². The van der Waals surface area contributed by atoms with Crippen molar-refractivity contribution in [2.24, 2.45) is 10.2 Å². The summed E-state index contributed by atoms with van der Waals surface area (Å²) in [4.78, 5) is 1.07. The number of rotatable bonds is 5. The molecule has 4 aromatic rings. The maximum absolute atomic E-state index is 11.4. The van der Waals surface area contributed by atoms with Gasteiger partial charge in [0.05, 0.1) is 10.6 Å². The van der Waals surface area contributed by atoms with Gasteiger partial charge in [0, 0.05) is 20.9 Å². The molecular formula is C22H18N3O4S3-. The van der Waals surface area contributed by atoms with Gasteiger partial charge in [0.15, 0.2) is 5.75 Å². The van der Waals surface area contributed by atoms with E-state index in [-0.39, 0.29) is 22.5 Å². The topological polar surface area (TPSA) is 128 Å². The number of thioether (sulfide) groups is 2. The van der Waals surface area contributed by atoms with Crippen LogP contribution in [0.25, 0.3) is 21.5 Å². The van der Waals surface area contributed by atoms with Gasteiger partial charge in [-0.25, -0.2) is 8.42 Å². The Morgan fingerprint density at radius 2 is 1.72 bits per heavy atom. The van der Waals surface area contributed by atoms with Crippen molar-refractivity contribution in [3.8, 4) is 5.75 Å². The van der Waals surface area contributed by atoms with Gasteiger partial charge < -0.3 is 15.4 Å². The van der Waals surface area contributed by atoms with Crippen LogP contribution in [-0.4, -0.2) is 30.6 Å². The minimum atomic E-state index is -4.69. The van der Waals surface area contributed by atoms with Crippen LogP contribution in [0.15, 0.2) is 79.5 Å². The van der Waals surface area contributed by atoms with Gasteiger partial charge in [-0.05, 0) is 52.9 Å². The Labute approximate surface area is 193 Å². The molecule has 0 aliphatic heterocycles. The Morgan fingerprint density at radius 1 is 0.969 bits per heavy atom. The lowest BCUT2D eigenvalue weighted by atomic mass is 10.1. The van der Waals surface area contributed by atoms with E-state index in [9.17, 15) is 18.1 Å². The molecule has 0 atom stereocenters. The molecule has 10 heteroatoms. The molecule has 0 fully saturated rings. The number of nitrogens with two attached hydrogens (primary N) is 1. The third-order valence-electron chi connectivity index (χ3n) is 4.98. The molecule has 0 aliphatic carbocycles. The lowest BCUT2D eigenvalue weighted by molar-refractivity contribution is 0.463. The molecule has 0 amide bonds. The summed E-state index contributed by atoms with van der Waals surface area (Å²) in [6.07, 6.45) is 3.75. The number of phenols is 1. The van der Waals surface area contributed by atoms with Gasteiger partial charge in [-0.2, -0.15) is 0 Å². The molecule has 0 unspecified atom stereocenters. The summed E-state index contributed by atoms with van der Waals surface area (Å²) in [5.74, 6) is -0.227. The van der Waals surface area contributed by atoms with Crippen molar-refractivity contribution in [2.75, 3.05) is 18.2 Å². The van der Waals surface area contributed by atoms with Crippen molar-refractivity contribution in [3.63, 3.8) is 0 Å². The van der Waals surface area contributed by atoms with Crippen LogP contribution in [-0.2, 0) is 10.1 Å². The fourth-order valence-corrected chi connectivity index (χ4v) is 5.36. The largest absolute Gasteiger partial charge is 0.744 e. The standard InChI is InChI=1S/C22H19N3O4S3/c1-30-18-10-13-9-14(32(27,28)29)11-16(23)19(13)21(26)20(18)25-24-17-8-7-12-5-3-4-6-15(12)22(17)31-2/h3-11,26H,23H2,1-2H3,(H,27,28,29)/p-1. The minimum Gasteiger partial charge on any atom is -0.744 e. The van der Waals surface area contributed by atoms with Crippen LogP contribution in [0.1, 0.15) is 0 Å². The smallest absolute Gasteiger partial charge is 0.154 e. The highest BCUT2D eigenvalue weighted by Gasteiger charge is 2.17. The second kappa shape index (κ2) is 8.62. The van der Waals surface area contributed by atoms with Crippen LogP contribution in [0, 0.1) is 0 Å². The predicted molar refractivity (Wildman–Crippen MR) is 130 cm³/mol. The lowest BCUT2D eigenvalue weighted by Gasteiger charge is -2.14. The zero-order valence-corrected chi connectivity index (χ0v) is 19.5. The Morgan fingerprint density at radius 3 is 2.41 bits per heavy atom. The highest BCUT2D eigenvalue weighted by atomic mass is 32.2. The van der Waals surface area contributed by atoms with Crippen molar-refractivity contribution in [1.82, 2.24) is 0 Å². The molecule has 4 rings (SSSR count). The first-order valence-corrected chi connectivity index (χ1v) is 13.2. The summed E-state index contributed by atoms with van der Waals surface area (Å²) >= 11 is 2.86. The van der Waals surface area contributed by atoms with E-state index in [2.05, 4.69) is 10.2 Å². The number of nitrogen functional groups attached to an aromatic ring is 1. The zero-order valence-electron chi connectivity index (χ0n) is 17.1. The molecule has 4 aromatic carbocycles. The molecule has 0 heterocycles. The van der Waals surface area contributed by atoms with Gasteiger partial charge in [0.25, 0.3) is 0 Å². The molecular weight excluding hydrogens is 466 g/mol. The van der Waals surface area contributed by atoms with Crippen LogP contribution < -0.4 is 5.73 Å². The quantitative estimate of drug-likeness (QED) is 0.153. The monoisotopic (exact) mass is 484 g/mol. The molecule has 0 saturated heterocycles. The number of azo groups is 1. The maximum Gasteiger partial charge on any atom is 0.154 e. The number of aromatic hydroxyl groups is 1. The molecule has 0 bridgehead atoms. The van der Waals surface area contributed by atoms with E-state index in [1.807, 2.05) is 42.7 Å². The number of hydrogen-bond acceptors (Lipinski definition) is 9. The Balaban J connectivity index is 1.90. The normalized spacial score (nSPS) is 12.2. The number of phenolic OH excluding ortho intramolecular Hbond substituents is 1. The lowest BCUT2D eigenvalue weighted by Crippen LogP contribution is -2.00. The van der Waals surface area contributed by atoms with E-state index in [1.54, 1.807) is 24.1 Å². The van der Waals surface area contributed by atoms with E-state index in [1.165, 1.54) is 17.8 Å². The fourth-order valence-electron chi connectivity index (χ4n) is 3.52. The number of benzene rings is 4. The number of anilines is 1. The van der Waals surface area contributed by atoms with E-state index < -0.39 is 15.0 Å². The van der Waals surface area contributed by atoms with Crippen molar-refractivity contribution in [2.45, 2.75) is 14.7 Å². The first-order valence-electron chi connectivity index (χ1n) is 9.31. The summed E-state index contributed by atoms with van der Waals surface area (Å²) < 4.78 is 34.3. The van der Waals surface area contributed by atoms with Gasteiger partial charge in [0.1, 0.15) is 15.8 Å². The van der Waals surface area contributed by atoms with Crippen LogP contribution >= 0.6 is 23.5 Å². The van der Waals surface area contributed by atoms with Crippen molar-refractivity contribution in [3.05, 3.63) is 54.6 Å². The molecule has 164 valence electrons. The van der Waals surface area contributed by atoms with Gasteiger partial charge in [0.2, 0.25) is 0 Å². The van der Waals surface area contributed by atoms with E-state index in [0.29, 0.717) is 16.0 Å². The van der Waals surface area contributed by atoms with E-state index >= 15 is 0 Å². The average Bonchev–Trinajstić information content (AvgIpc) is 2.76. The number of nitrogens with zero attached hydrogens (tertiary/aromatic N) is 2. The fraction of sp³-hybridized carbons (Fsp3) is 0.0909. The van der Waals surface area contributed by atoms with Crippen molar-refractivity contribution >= 4 is 72.2 Å². The summed E-state index contributed by atoms with van der Waals surface area (Å²) in [5.41, 5.74) is 6.82. The first kappa shape index (κ1) is 22.4. The summed E-state index contributed by atoms with van der Waals surface area (Å²) in [6, 6.07) is 15.7. The molecule has 32 heavy (non-hydrogen) atoms. The summed E-state index contributed by atoms with van der Waals surface area (Å²) in [6.45, 7) is 0. The van der Waals surface area contributed by atoms with Crippen LogP contribution in [0.3, 0.4) is 0 Å². The van der Waals surface area contributed by atoms with Crippen molar-refractivity contribution in [1.29, 1.82) is 0 Å². The molecule has 3 N–H and O–H groups in total. The third-order valence-corrected chi connectivity index (χ3v) is 7.38. The van der Waals surface area contributed by atoms with Gasteiger partial charge in [-0.15, -0.1) is 33.8 Å². The Kier molecular flexibility index (Phi) is 6.04. The summed E-state index contributed by atoms with van der Waals surface area (Å²) in [5, 5.41) is 22.4. The SMILES string of the molecule is CSc1cc2cc(S(=O)(=O)[O-])cc(N)c2c(O)c1N=Nc1ccc2ccccc2c1SC. The molecule has 0 radical (unpaired) electrons. The number of fused-ring (bicyclic) bond motifs is 2. The molecule has 0 aromatic heterocycles. The first-order chi connectivity index (χ1) is 15.2. The van der Waals surface area contributed by atoms with E-state index in [0.717, 1.165) is 21.7 Å². The Hall–Kier alpha value is -2.79. The minimum absolute atomic E-state index is 0.0333. The Bertz CT molecular complexity index is 1500. The highest BCUT2D eigenvalue weighted by molar-refractivity contribution is 7.99. The molecule has 0 aliphatic rings. The van der Waals surface area contributed by atoms with Gasteiger partial charge in [-0.1, -0.05) is 30.3 Å². The maximum atomic E-state index is 11.4. The molecule has 7 nitrogen and oxygen atoms in total.